The second-order valence-corrected chi connectivity index (χ2v) is 6.67. The van der Waals surface area contributed by atoms with E-state index in [0.29, 0.717) is 4.47 Å². The van der Waals surface area contributed by atoms with Crippen molar-refractivity contribution in [3.63, 3.8) is 0 Å². The van der Waals surface area contributed by atoms with E-state index in [-0.39, 0.29) is 16.3 Å². The van der Waals surface area contributed by atoms with Crippen LogP contribution in [0.5, 0.6) is 0 Å². The van der Waals surface area contributed by atoms with E-state index in [4.69, 9.17) is 9.52 Å². The largest absolute Gasteiger partial charge is 0.475 e. The van der Waals surface area contributed by atoms with Gasteiger partial charge in [0.2, 0.25) is 5.76 Å². The summed E-state index contributed by atoms with van der Waals surface area (Å²) in [6.45, 7) is 1.32. The van der Waals surface area contributed by atoms with Gasteiger partial charge in [-0.25, -0.2) is 17.6 Å². The van der Waals surface area contributed by atoms with Crippen molar-refractivity contribution in [3.05, 3.63) is 46.1 Å². The highest BCUT2D eigenvalue weighted by molar-refractivity contribution is 9.10. The van der Waals surface area contributed by atoms with Gasteiger partial charge in [-0.2, -0.15) is 0 Å². The van der Waals surface area contributed by atoms with Crippen LogP contribution in [0, 0.1) is 12.7 Å². The van der Waals surface area contributed by atoms with Crippen molar-refractivity contribution in [2.75, 3.05) is 4.72 Å². The van der Waals surface area contributed by atoms with Crippen LogP contribution >= 0.6 is 15.9 Å². The highest BCUT2D eigenvalue weighted by atomic mass is 79.9. The van der Waals surface area contributed by atoms with E-state index in [2.05, 4.69) is 20.7 Å². The summed E-state index contributed by atoms with van der Waals surface area (Å²) < 4.78 is 45.0. The number of anilines is 1. The Labute approximate surface area is 127 Å². The average Bonchev–Trinajstić information content (AvgIpc) is 2.70. The molecule has 2 N–H and O–H groups in total. The highest BCUT2D eigenvalue weighted by Gasteiger charge is 2.24. The zero-order chi connectivity index (χ0) is 15.8. The van der Waals surface area contributed by atoms with Gasteiger partial charge in [-0.05, 0) is 25.1 Å². The quantitative estimate of drug-likeness (QED) is 0.853. The maximum atomic E-state index is 13.2. The van der Waals surface area contributed by atoms with Crippen LogP contribution in [0.15, 0.2) is 38.1 Å². The zero-order valence-corrected chi connectivity index (χ0v) is 13.0. The number of carbonyl (C=O) groups is 1. The Morgan fingerprint density at radius 1 is 1.33 bits per heavy atom. The summed E-state index contributed by atoms with van der Waals surface area (Å²) in [6.07, 6.45) is 0. The van der Waals surface area contributed by atoms with Crippen molar-refractivity contribution < 1.29 is 27.1 Å². The van der Waals surface area contributed by atoms with E-state index in [1.165, 1.54) is 19.1 Å². The predicted molar refractivity (Wildman–Crippen MR) is 75.3 cm³/mol. The summed E-state index contributed by atoms with van der Waals surface area (Å²) >= 11 is 3.04. The Morgan fingerprint density at radius 3 is 2.52 bits per heavy atom. The maximum Gasteiger partial charge on any atom is 0.371 e. The first-order valence-electron chi connectivity index (χ1n) is 5.51. The fraction of sp³-hybridized carbons (Fsp3) is 0.0833. The second kappa shape index (κ2) is 5.49. The average molecular weight is 378 g/mol. The minimum absolute atomic E-state index is 0.000602. The van der Waals surface area contributed by atoms with Crippen LogP contribution in [0.4, 0.5) is 10.1 Å². The van der Waals surface area contributed by atoms with Crippen molar-refractivity contribution in [1.82, 2.24) is 0 Å². The number of rotatable bonds is 4. The van der Waals surface area contributed by atoms with E-state index in [1.54, 1.807) is 0 Å². The van der Waals surface area contributed by atoms with E-state index in [9.17, 15) is 17.6 Å². The summed E-state index contributed by atoms with van der Waals surface area (Å²) in [5.41, 5.74) is -0.000602. The number of aryl methyl sites for hydroxylation is 1. The molecular weight excluding hydrogens is 369 g/mol. The molecule has 0 spiro atoms. The van der Waals surface area contributed by atoms with Crippen LogP contribution in [0.25, 0.3) is 0 Å². The maximum absolute atomic E-state index is 13.2. The first-order chi connectivity index (χ1) is 9.69. The molecule has 9 heteroatoms. The molecule has 2 rings (SSSR count). The Kier molecular flexibility index (Phi) is 4.06. The van der Waals surface area contributed by atoms with Crippen LogP contribution in [-0.4, -0.2) is 19.5 Å². The van der Waals surface area contributed by atoms with Crippen LogP contribution in [0.1, 0.15) is 16.3 Å². The second-order valence-electron chi connectivity index (χ2n) is 4.10. The third-order valence-corrected chi connectivity index (χ3v) is 4.43. The van der Waals surface area contributed by atoms with Crippen LogP contribution < -0.4 is 4.72 Å². The van der Waals surface area contributed by atoms with E-state index >= 15 is 0 Å². The number of benzene rings is 1. The summed E-state index contributed by atoms with van der Waals surface area (Å²) in [4.78, 5) is 10.5. The van der Waals surface area contributed by atoms with Gasteiger partial charge in [-0.3, -0.25) is 4.72 Å². The summed E-state index contributed by atoms with van der Waals surface area (Å²) in [7, 11) is -4.08. The van der Waals surface area contributed by atoms with Gasteiger partial charge in [0, 0.05) is 10.5 Å². The molecule has 1 heterocycles. The lowest BCUT2D eigenvalue weighted by Gasteiger charge is -2.07. The molecule has 21 heavy (non-hydrogen) atoms. The standard InChI is InChI=1S/C12H9BrFNO5S/c1-6-11(5-10(20-6)12(16)17)21(18,19)15-9-3-7(13)2-8(14)4-9/h2-5,15H,1H3,(H,16,17). The molecule has 0 saturated carbocycles. The monoisotopic (exact) mass is 377 g/mol. The van der Waals surface area contributed by atoms with Gasteiger partial charge < -0.3 is 9.52 Å². The Balaban J connectivity index is 2.40. The van der Waals surface area contributed by atoms with Gasteiger partial charge in [-0.1, -0.05) is 15.9 Å². The van der Waals surface area contributed by atoms with Gasteiger partial charge in [0.15, 0.2) is 0 Å². The topological polar surface area (TPSA) is 96.6 Å². The minimum Gasteiger partial charge on any atom is -0.475 e. The third-order valence-electron chi connectivity index (χ3n) is 2.49. The van der Waals surface area contributed by atoms with E-state index in [0.717, 1.165) is 12.1 Å². The Hall–Kier alpha value is -1.87. The molecule has 0 bridgehead atoms. The number of hydrogen-bond acceptors (Lipinski definition) is 4. The molecule has 0 saturated heterocycles. The highest BCUT2D eigenvalue weighted by Crippen LogP contribution is 2.25. The third kappa shape index (κ3) is 3.42. The molecule has 0 radical (unpaired) electrons. The molecule has 0 amide bonds. The smallest absolute Gasteiger partial charge is 0.371 e. The lowest BCUT2D eigenvalue weighted by molar-refractivity contribution is 0.0661. The zero-order valence-electron chi connectivity index (χ0n) is 10.6. The molecule has 2 aromatic rings. The van der Waals surface area contributed by atoms with Crippen molar-refractivity contribution in [2.24, 2.45) is 0 Å². The number of hydrogen-bond donors (Lipinski definition) is 2. The van der Waals surface area contributed by atoms with Gasteiger partial charge in [0.05, 0.1) is 5.69 Å². The van der Waals surface area contributed by atoms with Crippen LogP contribution in [0.3, 0.4) is 0 Å². The minimum atomic E-state index is -4.08. The SMILES string of the molecule is Cc1oc(C(=O)O)cc1S(=O)(=O)Nc1cc(F)cc(Br)c1. The van der Waals surface area contributed by atoms with Crippen LogP contribution in [0.2, 0.25) is 0 Å². The molecule has 0 unspecified atom stereocenters. The van der Waals surface area contributed by atoms with Crippen molar-refractivity contribution in [3.8, 4) is 0 Å². The number of nitrogens with one attached hydrogen (secondary N) is 1. The van der Waals surface area contributed by atoms with Gasteiger partial charge in [0.25, 0.3) is 10.0 Å². The van der Waals surface area contributed by atoms with Gasteiger partial charge in [0.1, 0.15) is 16.5 Å². The first kappa shape index (κ1) is 15.5. The Bertz CT molecular complexity index is 795. The number of sulfonamides is 1. The van der Waals surface area contributed by atoms with Crippen molar-refractivity contribution in [1.29, 1.82) is 0 Å². The lowest BCUT2D eigenvalue weighted by Crippen LogP contribution is -2.13. The number of carboxylic acid groups (broad SMARTS) is 1. The molecule has 0 aliphatic carbocycles. The molecule has 6 nitrogen and oxygen atoms in total. The van der Waals surface area contributed by atoms with Gasteiger partial charge in [-0.15, -0.1) is 0 Å². The number of carboxylic acids is 1. The molecule has 1 aromatic heterocycles. The van der Waals surface area contributed by atoms with Crippen LogP contribution in [-0.2, 0) is 10.0 Å². The molecule has 0 aliphatic heterocycles. The molecule has 0 fully saturated rings. The summed E-state index contributed by atoms with van der Waals surface area (Å²) in [5, 5.41) is 8.79. The number of furan rings is 1. The molecule has 0 aliphatic rings. The summed E-state index contributed by atoms with van der Waals surface area (Å²) in [6, 6.07) is 4.43. The van der Waals surface area contributed by atoms with Crippen molar-refractivity contribution in [2.45, 2.75) is 11.8 Å². The predicted octanol–water partition coefficient (Wildman–Crippen LogP) is 2.99. The fourth-order valence-electron chi connectivity index (χ4n) is 1.66. The number of halogens is 2. The number of aromatic carboxylic acids is 1. The first-order valence-corrected chi connectivity index (χ1v) is 7.79. The molecule has 0 atom stereocenters. The van der Waals surface area contributed by atoms with Gasteiger partial charge >= 0.3 is 5.97 Å². The summed E-state index contributed by atoms with van der Waals surface area (Å²) in [5.74, 6) is -2.58. The van der Waals surface area contributed by atoms with E-state index < -0.39 is 27.6 Å². The normalized spacial score (nSPS) is 11.4. The molecular formula is C12H9BrFNO5S. The van der Waals surface area contributed by atoms with Crippen molar-refractivity contribution >= 4 is 37.6 Å². The molecule has 112 valence electrons. The lowest BCUT2D eigenvalue weighted by atomic mass is 10.3. The van der Waals surface area contributed by atoms with E-state index in [1.807, 2.05) is 0 Å². The fourth-order valence-corrected chi connectivity index (χ4v) is 3.35. The Morgan fingerprint density at radius 2 is 2.00 bits per heavy atom. The molecule has 1 aromatic carbocycles.